The SMILES string of the molecule is C#CCC(CC)NC(C)c1cc(C)ccc1O. The quantitative estimate of drug-likeness (QED) is 0.763. The molecular formula is C15H21NO. The van der Waals surface area contributed by atoms with Crippen molar-refractivity contribution in [2.75, 3.05) is 0 Å². The number of phenols is 1. The summed E-state index contributed by atoms with van der Waals surface area (Å²) >= 11 is 0. The second-order valence-electron chi connectivity index (χ2n) is 4.46. The van der Waals surface area contributed by atoms with Gasteiger partial charge in [0.15, 0.2) is 0 Å². The average Bonchev–Trinajstić information content (AvgIpc) is 2.31. The Bertz CT molecular complexity index is 406. The third kappa shape index (κ3) is 3.80. The van der Waals surface area contributed by atoms with E-state index >= 15 is 0 Å². The molecule has 2 heteroatoms. The van der Waals surface area contributed by atoms with Gasteiger partial charge in [-0.1, -0.05) is 24.6 Å². The summed E-state index contributed by atoms with van der Waals surface area (Å²) in [7, 11) is 0. The smallest absolute Gasteiger partial charge is 0.120 e. The van der Waals surface area contributed by atoms with E-state index in [4.69, 9.17) is 6.42 Å². The van der Waals surface area contributed by atoms with Gasteiger partial charge < -0.3 is 10.4 Å². The summed E-state index contributed by atoms with van der Waals surface area (Å²) in [5.41, 5.74) is 2.08. The molecule has 2 nitrogen and oxygen atoms in total. The average molecular weight is 231 g/mol. The number of rotatable bonds is 5. The number of aromatic hydroxyl groups is 1. The van der Waals surface area contributed by atoms with Gasteiger partial charge in [-0.2, -0.15) is 0 Å². The highest BCUT2D eigenvalue weighted by molar-refractivity contribution is 5.37. The predicted octanol–water partition coefficient (Wildman–Crippen LogP) is 3.15. The minimum Gasteiger partial charge on any atom is -0.508 e. The van der Waals surface area contributed by atoms with Crippen LogP contribution in [0.15, 0.2) is 18.2 Å². The van der Waals surface area contributed by atoms with E-state index < -0.39 is 0 Å². The Morgan fingerprint density at radius 1 is 1.47 bits per heavy atom. The third-order valence-corrected chi connectivity index (χ3v) is 2.99. The van der Waals surface area contributed by atoms with Crippen molar-refractivity contribution in [3.63, 3.8) is 0 Å². The van der Waals surface area contributed by atoms with E-state index in [-0.39, 0.29) is 6.04 Å². The molecule has 0 saturated heterocycles. The molecule has 0 aliphatic carbocycles. The highest BCUT2D eigenvalue weighted by Gasteiger charge is 2.14. The van der Waals surface area contributed by atoms with Crippen LogP contribution in [-0.4, -0.2) is 11.1 Å². The van der Waals surface area contributed by atoms with Crippen LogP contribution in [-0.2, 0) is 0 Å². The number of phenolic OH excluding ortho intramolecular Hbond substituents is 1. The number of hydrogen-bond donors (Lipinski definition) is 2. The van der Waals surface area contributed by atoms with Gasteiger partial charge in [-0.15, -0.1) is 12.3 Å². The van der Waals surface area contributed by atoms with Crippen molar-refractivity contribution in [1.82, 2.24) is 5.32 Å². The summed E-state index contributed by atoms with van der Waals surface area (Å²) in [5.74, 6) is 3.02. The van der Waals surface area contributed by atoms with Crippen molar-refractivity contribution in [3.8, 4) is 18.1 Å². The van der Waals surface area contributed by atoms with Crippen LogP contribution in [0.2, 0.25) is 0 Å². The van der Waals surface area contributed by atoms with Gasteiger partial charge in [0.1, 0.15) is 5.75 Å². The Balaban J connectivity index is 2.78. The van der Waals surface area contributed by atoms with Gasteiger partial charge in [0, 0.05) is 24.1 Å². The normalized spacial score (nSPS) is 14.0. The van der Waals surface area contributed by atoms with E-state index in [1.807, 2.05) is 26.0 Å². The molecule has 2 unspecified atom stereocenters. The summed E-state index contributed by atoms with van der Waals surface area (Å²) in [6, 6.07) is 6.06. The zero-order valence-corrected chi connectivity index (χ0v) is 10.8. The lowest BCUT2D eigenvalue weighted by atomic mass is 10.0. The molecular weight excluding hydrogens is 210 g/mol. The monoisotopic (exact) mass is 231 g/mol. The van der Waals surface area contributed by atoms with Gasteiger partial charge in [-0.3, -0.25) is 0 Å². The molecule has 0 aliphatic rings. The van der Waals surface area contributed by atoms with Crippen LogP contribution in [0.1, 0.15) is 43.9 Å². The van der Waals surface area contributed by atoms with Crippen LogP contribution < -0.4 is 5.32 Å². The summed E-state index contributed by atoms with van der Waals surface area (Å²) < 4.78 is 0. The van der Waals surface area contributed by atoms with Crippen molar-refractivity contribution >= 4 is 0 Å². The lowest BCUT2D eigenvalue weighted by molar-refractivity contribution is 0.420. The van der Waals surface area contributed by atoms with E-state index in [1.54, 1.807) is 6.07 Å². The largest absolute Gasteiger partial charge is 0.508 e. The van der Waals surface area contributed by atoms with Gasteiger partial charge in [0.2, 0.25) is 0 Å². The predicted molar refractivity (Wildman–Crippen MR) is 71.9 cm³/mol. The fourth-order valence-corrected chi connectivity index (χ4v) is 1.93. The standard InChI is InChI=1S/C15H21NO/c1-5-7-13(6-2)16-12(4)14-10-11(3)8-9-15(14)17/h1,8-10,12-13,16-17H,6-7H2,2-4H3. The summed E-state index contributed by atoms with van der Waals surface area (Å²) in [6.07, 6.45) is 7.04. The Labute approximate surface area is 104 Å². The van der Waals surface area contributed by atoms with Gasteiger partial charge in [0.05, 0.1) is 0 Å². The first-order valence-electron chi connectivity index (χ1n) is 6.07. The summed E-state index contributed by atoms with van der Waals surface area (Å²) in [5, 5.41) is 13.3. The number of hydrogen-bond acceptors (Lipinski definition) is 2. The second kappa shape index (κ2) is 6.32. The first-order valence-corrected chi connectivity index (χ1v) is 6.07. The molecule has 1 rings (SSSR count). The molecule has 0 saturated carbocycles. The molecule has 92 valence electrons. The molecule has 0 spiro atoms. The first kappa shape index (κ1) is 13.6. The van der Waals surface area contributed by atoms with E-state index in [2.05, 4.69) is 18.2 Å². The number of benzene rings is 1. The molecule has 0 bridgehead atoms. The topological polar surface area (TPSA) is 32.3 Å². The van der Waals surface area contributed by atoms with Crippen LogP contribution in [0.5, 0.6) is 5.75 Å². The molecule has 0 fully saturated rings. The number of nitrogens with one attached hydrogen (secondary N) is 1. The maximum absolute atomic E-state index is 9.84. The van der Waals surface area contributed by atoms with Crippen molar-refractivity contribution in [1.29, 1.82) is 0 Å². The molecule has 17 heavy (non-hydrogen) atoms. The summed E-state index contributed by atoms with van der Waals surface area (Å²) in [6.45, 7) is 6.18. The van der Waals surface area contributed by atoms with E-state index in [0.29, 0.717) is 18.2 Å². The molecule has 2 atom stereocenters. The zero-order chi connectivity index (χ0) is 12.8. The van der Waals surface area contributed by atoms with E-state index in [0.717, 1.165) is 17.5 Å². The Kier molecular flexibility index (Phi) is 5.06. The zero-order valence-electron chi connectivity index (χ0n) is 10.8. The molecule has 1 aromatic rings. The molecule has 1 aromatic carbocycles. The molecule has 0 aromatic heterocycles. The minimum atomic E-state index is 0.105. The lowest BCUT2D eigenvalue weighted by Gasteiger charge is -2.22. The number of aryl methyl sites for hydroxylation is 1. The van der Waals surface area contributed by atoms with Crippen molar-refractivity contribution < 1.29 is 5.11 Å². The Hall–Kier alpha value is -1.46. The number of terminal acetylenes is 1. The minimum absolute atomic E-state index is 0.105. The maximum atomic E-state index is 9.84. The van der Waals surface area contributed by atoms with E-state index in [1.165, 1.54) is 0 Å². The molecule has 2 N–H and O–H groups in total. The fourth-order valence-electron chi connectivity index (χ4n) is 1.93. The lowest BCUT2D eigenvalue weighted by Crippen LogP contribution is -2.30. The second-order valence-corrected chi connectivity index (χ2v) is 4.46. The Morgan fingerprint density at radius 3 is 2.76 bits per heavy atom. The molecule has 0 heterocycles. The molecule has 0 aliphatic heterocycles. The van der Waals surface area contributed by atoms with Crippen molar-refractivity contribution in [2.24, 2.45) is 0 Å². The highest BCUT2D eigenvalue weighted by Crippen LogP contribution is 2.25. The third-order valence-electron chi connectivity index (χ3n) is 2.99. The van der Waals surface area contributed by atoms with Crippen molar-refractivity contribution in [3.05, 3.63) is 29.3 Å². The van der Waals surface area contributed by atoms with Gasteiger partial charge in [-0.05, 0) is 26.3 Å². The van der Waals surface area contributed by atoms with Gasteiger partial charge in [-0.25, -0.2) is 0 Å². The molecule has 0 radical (unpaired) electrons. The highest BCUT2D eigenvalue weighted by atomic mass is 16.3. The van der Waals surface area contributed by atoms with Crippen LogP contribution in [0.25, 0.3) is 0 Å². The molecule has 0 amide bonds. The van der Waals surface area contributed by atoms with Crippen LogP contribution in [0.4, 0.5) is 0 Å². The van der Waals surface area contributed by atoms with Crippen LogP contribution in [0.3, 0.4) is 0 Å². The van der Waals surface area contributed by atoms with Gasteiger partial charge >= 0.3 is 0 Å². The fraction of sp³-hybridized carbons (Fsp3) is 0.467. The Morgan fingerprint density at radius 2 is 2.18 bits per heavy atom. The van der Waals surface area contributed by atoms with Crippen LogP contribution in [0, 0.1) is 19.3 Å². The first-order chi connectivity index (χ1) is 8.08. The van der Waals surface area contributed by atoms with E-state index in [9.17, 15) is 5.11 Å². The van der Waals surface area contributed by atoms with Crippen molar-refractivity contribution in [2.45, 2.75) is 45.7 Å². The summed E-state index contributed by atoms with van der Waals surface area (Å²) in [4.78, 5) is 0. The maximum Gasteiger partial charge on any atom is 0.120 e. The van der Waals surface area contributed by atoms with Gasteiger partial charge in [0.25, 0.3) is 0 Å². The van der Waals surface area contributed by atoms with Crippen LogP contribution >= 0.6 is 0 Å².